The molecule has 0 amide bonds. The summed E-state index contributed by atoms with van der Waals surface area (Å²) in [5.41, 5.74) is 0.490. The number of aliphatic hydroxyl groups is 2. The maximum Gasteiger partial charge on any atom is 0.461 e. The topological polar surface area (TPSA) is 73.8 Å². The molecule has 5 nitrogen and oxygen atoms in total. The average Bonchev–Trinajstić information content (AvgIpc) is 2.44. The molecule has 0 aromatic heterocycles. The largest absolute Gasteiger partial charge is 0.461 e. The van der Waals surface area contributed by atoms with Crippen LogP contribution < -0.4 is 15.4 Å². The number of nitrogens with one attached hydrogen (secondary N) is 2. The molecule has 0 saturated carbocycles. The summed E-state index contributed by atoms with van der Waals surface area (Å²) in [5, 5.41) is 22.8. The molecule has 21 heavy (non-hydrogen) atoms. The molecule has 0 radical (unpaired) electrons. The smallest absolute Gasteiger partial charge is 0.426 e. The lowest BCUT2D eigenvalue weighted by Gasteiger charge is -2.20. The van der Waals surface area contributed by atoms with Gasteiger partial charge in [-0.1, -0.05) is 0 Å². The molecule has 0 fully saturated rings. The lowest BCUT2D eigenvalue weighted by Crippen LogP contribution is -2.33. The highest BCUT2D eigenvalue weighted by Crippen LogP contribution is 2.34. The molecule has 120 valence electrons. The fourth-order valence-electron chi connectivity index (χ4n) is 1.45. The number of hydrogen-bond acceptors (Lipinski definition) is 5. The van der Waals surface area contributed by atoms with Crippen molar-refractivity contribution in [3.8, 4) is 5.75 Å². The third kappa shape index (κ3) is 5.27. The summed E-state index contributed by atoms with van der Waals surface area (Å²) in [6.45, 7) is -0.160. The molecule has 4 N–H and O–H groups in total. The van der Waals surface area contributed by atoms with Crippen LogP contribution in [0.25, 0.3) is 0 Å². The van der Waals surface area contributed by atoms with Crippen LogP contribution in [0.2, 0.25) is 0 Å². The zero-order valence-electron chi connectivity index (χ0n) is 11.0. The Morgan fingerprint density at radius 1 is 1.10 bits per heavy atom. The SMILES string of the molecule is OCCNc1ccc(OC(F)(F)C(F)F)c(NCCO)c1. The number of halogens is 4. The van der Waals surface area contributed by atoms with E-state index in [1.54, 1.807) is 0 Å². The number of benzene rings is 1. The molecule has 0 aliphatic rings. The molecule has 0 heterocycles. The lowest BCUT2D eigenvalue weighted by molar-refractivity contribution is -0.252. The van der Waals surface area contributed by atoms with E-state index >= 15 is 0 Å². The predicted molar refractivity (Wildman–Crippen MR) is 69.2 cm³/mol. The van der Waals surface area contributed by atoms with Crippen LogP contribution >= 0.6 is 0 Å². The van der Waals surface area contributed by atoms with Crippen LogP contribution in [-0.2, 0) is 0 Å². The molecule has 1 aromatic carbocycles. The van der Waals surface area contributed by atoms with E-state index < -0.39 is 18.3 Å². The van der Waals surface area contributed by atoms with E-state index in [0.29, 0.717) is 5.69 Å². The Kier molecular flexibility index (Phi) is 6.50. The van der Waals surface area contributed by atoms with Gasteiger partial charge < -0.3 is 25.6 Å². The van der Waals surface area contributed by atoms with Gasteiger partial charge in [-0.05, 0) is 18.2 Å². The highest BCUT2D eigenvalue weighted by Gasteiger charge is 2.44. The first-order valence-electron chi connectivity index (χ1n) is 6.09. The first-order chi connectivity index (χ1) is 9.90. The molecular formula is C12H16F4N2O3. The van der Waals surface area contributed by atoms with Gasteiger partial charge >= 0.3 is 12.5 Å². The van der Waals surface area contributed by atoms with Crippen molar-refractivity contribution in [3.63, 3.8) is 0 Å². The van der Waals surface area contributed by atoms with E-state index in [1.807, 2.05) is 0 Å². The monoisotopic (exact) mass is 312 g/mol. The minimum absolute atomic E-state index is 0.0207. The standard InChI is InChI=1S/C12H16F4N2O3/c13-11(14)12(15,16)21-10-2-1-8(17-3-5-19)7-9(10)18-4-6-20/h1-2,7,11,17-20H,3-6H2. The number of aliphatic hydroxyl groups excluding tert-OH is 2. The Morgan fingerprint density at radius 2 is 1.71 bits per heavy atom. The quantitative estimate of drug-likeness (QED) is 0.523. The summed E-state index contributed by atoms with van der Waals surface area (Å²) in [4.78, 5) is 0. The first kappa shape index (κ1) is 17.3. The van der Waals surface area contributed by atoms with E-state index in [1.165, 1.54) is 12.1 Å². The van der Waals surface area contributed by atoms with Gasteiger partial charge in [-0.25, -0.2) is 0 Å². The van der Waals surface area contributed by atoms with Crippen molar-refractivity contribution in [3.05, 3.63) is 18.2 Å². The van der Waals surface area contributed by atoms with Gasteiger partial charge in [0.1, 0.15) is 5.75 Å². The predicted octanol–water partition coefficient (Wildman–Crippen LogP) is 1.73. The van der Waals surface area contributed by atoms with Crippen molar-refractivity contribution in [1.29, 1.82) is 0 Å². The molecule has 0 saturated heterocycles. The van der Waals surface area contributed by atoms with Crippen LogP contribution in [0.4, 0.5) is 28.9 Å². The van der Waals surface area contributed by atoms with Crippen LogP contribution in [0.1, 0.15) is 0 Å². The molecule has 0 unspecified atom stereocenters. The Balaban J connectivity index is 2.95. The zero-order valence-corrected chi connectivity index (χ0v) is 11.0. The summed E-state index contributed by atoms with van der Waals surface area (Å²) in [6.07, 6.45) is -8.58. The molecule has 0 aliphatic carbocycles. The normalized spacial score (nSPS) is 11.6. The van der Waals surface area contributed by atoms with Gasteiger partial charge in [0.05, 0.1) is 18.9 Å². The highest BCUT2D eigenvalue weighted by molar-refractivity contribution is 5.65. The van der Waals surface area contributed by atoms with Crippen LogP contribution in [-0.4, -0.2) is 49.1 Å². The Hall–Kier alpha value is -1.74. The van der Waals surface area contributed by atoms with E-state index in [0.717, 1.165) is 6.07 Å². The maximum absolute atomic E-state index is 12.9. The van der Waals surface area contributed by atoms with Crippen molar-refractivity contribution >= 4 is 11.4 Å². The van der Waals surface area contributed by atoms with Gasteiger partial charge in [0.25, 0.3) is 0 Å². The van der Waals surface area contributed by atoms with Crippen LogP contribution in [0.15, 0.2) is 18.2 Å². The van der Waals surface area contributed by atoms with Crippen molar-refractivity contribution < 1.29 is 32.5 Å². The van der Waals surface area contributed by atoms with Gasteiger partial charge in [0, 0.05) is 18.8 Å². The van der Waals surface area contributed by atoms with Crippen molar-refractivity contribution in [2.45, 2.75) is 12.5 Å². The minimum atomic E-state index is -4.62. The molecule has 9 heteroatoms. The molecule has 0 aliphatic heterocycles. The molecule has 1 rings (SSSR count). The third-order valence-electron chi connectivity index (χ3n) is 2.35. The summed E-state index contributed by atoms with van der Waals surface area (Å²) in [6, 6.07) is 3.79. The second-order valence-corrected chi connectivity index (χ2v) is 3.98. The van der Waals surface area contributed by atoms with Gasteiger partial charge in [0.2, 0.25) is 0 Å². The number of rotatable bonds is 9. The fraction of sp³-hybridized carbons (Fsp3) is 0.500. The van der Waals surface area contributed by atoms with Crippen molar-refractivity contribution in [2.75, 3.05) is 36.9 Å². The number of alkyl halides is 4. The molecule has 0 spiro atoms. The average molecular weight is 312 g/mol. The van der Waals surface area contributed by atoms with Crippen LogP contribution in [0, 0.1) is 0 Å². The molecule has 0 bridgehead atoms. The van der Waals surface area contributed by atoms with Gasteiger partial charge in [-0.2, -0.15) is 17.6 Å². The summed E-state index contributed by atoms with van der Waals surface area (Å²) >= 11 is 0. The van der Waals surface area contributed by atoms with Gasteiger partial charge in [-0.15, -0.1) is 0 Å². The first-order valence-corrected chi connectivity index (χ1v) is 6.09. The Labute approximate surface area is 118 Å². The zero-order chi connectivity index (χ0) is 15.9. The fourth-order valence-corrected chi connectivity index (χ4v) is 1.45. The van der Waals surface area contributed by atoms with Crippen LogP contribution in [0.3, 0.4) is 0 Å². The maximum atomic E-state index is 12.9. The van der Waals surface area contributed by atoms with Crippen LogP contribution in [0.5, 0.6) is 5.75 Å². The van der Waals surface area contributed by atoms with Gasteiger partial charge in [0.15, 0.2) is 0 Å². The summed E-state index contributed by atoms with van der Waals surface area (Å²) in [7, 11) is 0. The second-order valence-electron chi connectivity index (χ2n) is 3.98. The minimum Gasteiger partial charge on any atom is -0.426 e. The van der Waals surface area contributed by atoms with Crippen molar-refractivity contribution in [2.24, 2.45) is 0 Å². The van der Waals surface area contributed by atoms with E-state index in [9.17, 15) is 17.6 Å². The second kappa shape index (κ2) is 7.89. The van der Waals surface area contributed by atoms with Gasteiger partial charge in [-0.3, -0.25) is 0 Å². The molecular weight excluding hydrogens is 296 g/mol. The lowest BCUT2D eigenvalue weighted by atomic mass is 10.2. The number of hydrogen-bond donors (Lipinski definition) is 4. The summed E-state index contributed by atoms with van der Waals surface area (Å²) in [5.74, 6) is -0.469. The Bertz CT molecular complexity index is 447. The van der Waals surface area contributed by atoms with E-state index in [4.69, 9.17) is 10.2 Å². The Morgan fingerprint density at radius 3 is 2.29 bits per heavy atom. The van der Waals surface area contributed by atoms with E-state index in [-0.39, 0.29) is 32.0 Å². The highest BCUT2D eigenvalue weighted by atomic mass is 19.3. The summed E-state index contributed by atoms with van der Waals surface area (Å²) < 4.78 is 54.2. The van der Waals surface area contributed by atoms with Crippen molar-refractivity contribution in [1.82, 2.24) is 0 Å². The van der Waals surface area contributed by atoms with E-state index in [2.05, 4.69) is 15.4 Å². The number of anilines is 2. The third-order valence-corrected chi connectivity index (χ3v) is 2.35. The molecule has 0 atom stereocenters. The molecule has 1 aromatic rings. The number of ether oxygens (including phenoxy) is 1.